The molecule has 3 heteroatoms. The van der Waals surface area contributed by atoms with Gasteiger partial charge in [0.1, 0.15) is 0 Å². The molecule has 2 rings (SSSR count). The smallest absolute Gasteiger partial charge is 0.0393 e. The molecule has 2 atom stereocenters. The molecule has 1 aliphatic rings. The Labute approximate surface area is 104 Å². The molecule has 94 valence electrons. The van der Waals surface area contributed by atoms with E-state index in [1.165, 1.54) is 5.69 Å². The molecule has 0 spiro atoms. The van der Waals surface area contributed by atoms with E-state index < -0.39 is 0 Å². The topological polar surface area (TPSA) is 18.5 Å². The lowest BCUT2D eigenvalue weighted by Crippen LogP contribution is -2.58. The molecule has 0 aromatic heterocycles. The molecule has 1 saturated heterocycles. The second kappa shape index (κ2) is 5.52. The number of likely N-dealkylation sites (N-methyl/N-ethyl adjacent to an activating group) is 2. The molecule has 0 radical (unpaired) electrons. The predicted octanol–water partition coefficient (Wildman–Crippen LogP) is 1.41. The summed E-state index contributed by atoms with van der Waals surface area (Å²) in [5.74, 6) is 0. The lowest BCUT2D eigenvalue weighted by Gasteiger charge is -2.45. The van der Waals surface area contributed by atoms with E-state index >= 15 is 0 Å². The van der Waals surface area contributed by atoms with Gasteiger partial charge < -0.3 is 10.2 Å². The van der Waals surface area contributed by atoms with Crippen LogP contribution in [0.15, 0.2) is 30.3 Å². The molecule has 0 amide bonds. The van der Waals surface area contributed by atoms with Crippen LogP contribution in [0.4, 0.5) is 5.69 Å². The summed E-state index contributed by atoms with van der Waals surface area (Å²) in [7, 11) is 4.25. The van der Waals surface area contributed by atoms with Crippen LogP contribution in [0.2, 0.25) is 0 Å². The van der Waals surface area contributed by atoms with Crippen LogP contribution in [0.3, 0.4) is 0 Å². The van der Waals surface area contributed by atoms with Gasteiger partial charge in [0.05, 0.1) is 0 Å². The molecular weight excluding hydrogens is 210 g/mol. The summed E-state index contributed by atoms with van der Waals surface area (Å²) in [6.45, 7) is 5.58. The third kappa shape index (κ3) is 2.79. The standard InChI is InChI=1S/C14H23N3/c1-12-10-16(3)14(9-15-2)11-17(12)13-7-5-4-6-8-13/h4-8,12,14-15H,9-11H2,1-3H3. The highest BCUT2D eigenvalue weighted by Crippen LogP contribution is 2.21. The predicted molar refractivity (Wildman–Crippen MR) is 73.6 cm³/mol. The van der Waals surface area contributed by atoms with Gasteiger partial charge in [-0.1, -0.05) is 18.2 Å². The van der Waals surface area contributed by atoms with Crippen LogP contribution >= 0.6 is 0 Å². The Balaban J connectivity index is 2.12. The Kier molecular flexibility index (Phi) is 4.02. The molecule has 2 unspecified atom stereocenters. The normalized spacial score (nSPS) is 26.2. The Hall–Kier alpha value is -1.06. The molecule has 17 heavy (non-hydrogen) atoms. The highest BCUT2D eigenvalue weighted by Gasteiger charge is 2.28. The zero-order valence-electron chi connectivity index (χ0n) is 11.1. The van der Waals surface area contributed by atoms with Crippen LogP contribution in [-0.4, -0.2) is 50.7 Å². The largest absolute Gasteiger partial charge is 0.366 e. The van der Waals surface area contributed by atoms with Crippen LogP contribution in [-0.2, 0) is 0 Å². The number of nitrogens with zero attached hydrogens (tertiary/aromatic N) is 2. The minimum Gasteiger partial charge on any atom is -0.366 e. The van der Waals surface area contributed by atoms with Crippen molar-refractivity contribution >= 4 is 5.69 Å². The summed E-state index contributed by atoms with van der Waals surface area (Å²) in [4.78, 5) is 4.97. The molecule has 1 fully saturated rings. The van der Waals surface area contributed by atoms with Crippen LogP contribution in [0, 0.1) is 0 Å². The average Bonchev–Trinajstić information content (AvgIpc) is 2.34. The van der Waals surface area contributed by atoms with Gasteiger partial charge in [-0.15, -0.1) is 0 Å². The summed E-state index contributed by atoms with van der Waals surface area (Å²) in [5.41, 5.74) is 1.34. The summed E-state index contributed by atoms with van der Waals surface area (Å²) >= 11 is 0. The lowest BCUT2D eigenvalue weighted by atomic mass is 10.1. The SMILES string of the molecule is CNCC1CN(c2ccccc2)C(C)CN1C. The fourth-order valence-electron chi connectivity index (χ4n) is 2.65. The fourth-order valence-corrected chi connectivity index (χ4v) is 2.65. The number of anilines is 1. The van der Waals surface area contributed by atoms with Crippen molar-refractivity contribution in [1.82, 2.24) is 10.2 Å². The summed E-state index contributed by atoms with van der Waals surface area (Å²) in [6.07, 6.45) is 0. The fraction of sp³-hybridized carbons (Fsp3) is 0.571. The molecule has 0 bridgehead atoms. The molecule has 1 aromatic rings. The molecular formula is C14H23N3. The molecule has 1 N–H and O–H groups in total. The van der Waals surface area contributed by atoms with Crippen LogP contribution < -0.4 is 10.2 Å². The van der Waals surface area contributed by atoms with Crippen molar-refractivity contribution in [3.05, 3.63) is 30.3 Å². The van der Waals surface area contributed by atoms with Gasteiger partial charge in [0.25, 0.3) is 0 Å². The maximum atomic E-state index is 3.29. The number of benzene rings is 1. The van der Waals surface area contributed by atoms with Crippen molar-refractivity contribution in [1.29, 1.82) is 0 Å². The van der Waals surface area contributed by atoms with E-state index in [0.29, 0.717) is 12.1 Å². The summed E-state index contributed by atoms with van der Waals surface area (Å²) < 4.78 is 0. The maximum Gasteiger partial charge on any atom is 0.0393 e. The summed E-state index contributed by atoms with van der Waals surface area (Å²) in [5, 5.41) is 3.29. The lowest BCUT2D eigenvalue weighted by molar-refractivity contribution is 0.190. The Bertz CT molecular complexity index is 339. The van der Waals surface area contributed by atoms with Gasteiger partial charge in [-0.3, -0.25) is 4.90 Å². The number of hydrogen-bond donors (Lipinski definition) is 1. The van der Waals surface area contributed by atoms with Crippen molar-refractivity contribution in [2.45, 2.75) is 19.0 Å². The zero-order valence-corrected chi connectivity index (χ0v) is 11.1. The third-order valence-corrected chi connectivity index (χ3v) is 3.64. The minimum atomic E-state index is 0.579. The van der Waals surface area contributed by atoms with Crippen LogP contribution in [0.5, 0.6) is 0 Å². The first-order valence-corrected chi connectivity index (χ1v) is 6.39. The van der Waals surface area contributed by atoms with Gasteiger partial charge in [0, 0.05) is 37.4 Å². The molecule has 0 aliphatic carbocycles. The molecule has 3 nitrogen and oxygen atoms in total. The molecule has 1 aliphatic heterocycles. The Morgan fingerprint density at radius 1 is 1.24 bits per heavy atom. The first-order chi connectivity index (χ1) is 8.22. The van der Waals surface area contributed by atoms with E-state index in [4.69, 9.17) is 0 Å². The van der Waals surface area contributed by atoms with Crippen molar-refractivity contribution in [2.24, 2.45) is 0 Å². The minimum absolute atomic E-state index is 0.579. The van der Waals surface area contributed by atoms with E-state index in [1.807, 2.05) is 7.05 Å². The van der Waals surface area contributed by atoms with Gasteiger partial charge in [0.2, 0.25) is 0 Å². The third-order valence-electron chi connectivity index (χ3n) is 3.64. The van der Waals surface area contributed by atoms with Crippen molar-refractivity contribution in [2.75, 3.05) is 38.6 Å². The molecule has 1 heterocycles. The van der Waals surface area contributed by atoms with E-state index in [9.17, 15) is 0 Å². The molecule has 1 aromatic carbocycles. The van der Waals surface area contributed by atoms with Crippen molar-refractivity contribution in [3.63, 3.8) is 0 Å². The van der Waals surface area contributed by atoms with Gasteiger partial charge in [0.15, 0.2) is 0 Å². The monoisotopic (exact) mass is 233 g/mol. The maximum absolute atomic E-state index is 3.29. The van der Waals surface area contributed by atoms with Gasteiger partial charge in [-0.05, 0) is 33.2 Å². The quantitative estimate of drug-likeness (QED) is 0.852. The first kappa shape index (κ1) is 12.4. The zero-order chi connectivity index (χ0) is 12.3. The van der Waals surface area contributed by atoms with Gasteiger partial charge in [-0.25, -0.2) is 0 Å². The van der Waals surface area contributed by atoms with E-state index in [-0.39, 0.29) is 0 Å². The number of para-hydroxylation sites is 1. The van der Waals surface area contributed by atoms with E-state index in [1.54, 1.807) is 0 Å². The highest BCUT2D eigenvalue weighted by molar-refractivity contribution is 5.47. The van der Waals surface area contributed by atoms with E-state index in [0.717, 1.165) is 19.6 Å². The first-order valence-electron chi connectivity index (χ1n) is 6.39. The summed E-state index contributed by atoms with van der Waals surface area (Å²) in [6, 6.07) is 11.9. The van der Waals surface area contributed by atoms with Crippen molar-refractivity contribution < 1.29 is 0 Å². The second-order valence-electron chi connectivity index (χ2n) is 4.99. The van der Waals surface area contributed by atoms with Crippen LogP contribution in [0.1, 0.15) is 6.92 Å². The Morgan fingerprint density at radius 2 is 1.94 bits per heavy atom. The number of hydrogen-bond acceptors (Lipinski definition) is 3. The number of nitrogens with one attached hydrogen (secondary N) is 1. The van der Waals surface area contributed by atoms with E-state index in [2.05, 4.69) is 59.4 Å². The van der Waals surface area contributed by atoms with Gasteiger partial charge >= 0.3 is 0 Å². The second-order valence-corrected chi connectivity index (χ2v) is 4.99. The average molecular weight is 233 g/mol. The molecule has 0 saturated carbocycles. The Morgan fingerprint density at radius 3 is 2.59 bits per heavy atom. The van der Waals surface area contributed by atoms with Crippen molar-refractivity contribution in [3.8, 4) is 0 Å². The van der Waals surface area contributed by atoms with Crippen LogP contribution in [0.25, 0.3) is 0 Å². The highest BCUT2D eigenvalue weighted by atomic mass is 15.3. The van der Waals surface area contributed by atoms with Gasteiger partial charge in [-0.2, -0.15) is 0 Å². The number of piperazine rings is 1. The number of rotatable bonds is 3.